The van der Waals surface area contributed by atoms with Crippen LogP contribution in [0.2, 0.25) is 0 Å². The van der Waals surface area contributed by atoms with Gasteiger partial charge in [0.05, 0.1) is 0 Å². The lowest BCUT2D eigenvalue weighted by atomic mass is 9.82. The average Bonchev–Trinajstić information content (AvgIpc) is 3.34. The Morgan fingerprint density at radius 2 is 1.02 bits per heavy atom. The maximum absolute atomic E-state index is 2.45. The van der Waals surface area contributed by atoms with Gasteiger partial charge < -0.3 is 4.90 Å². The summed E-state index contributed by atoms with van der Waals surface area (Å²) >= 11 is 0. The van der Waals surface area contributed by atoms with Gasteiger partial charge in [-0.15, -0.1) is 0 Å². The number of anilines is 3. The molecule has 0 radical (unpaired) electrons. The molecule has 1 heteroatoms. The fraction of sp³-hybridized carbons (Fsp3) is 0.217. The van der Waals surface area contributed by atoms with Crippen LogP contribution in [0.5, 0.6) is 0 Å². The zero-order valence-electron chi connectivity index (χ0n) is 27.8. The van der Waals surface area contributed by atoms with E-state index in [9.17, 15) is 0 Å². The topological polar surface area (TPSA) is 3.24 Å². The molecule has 0 aromatic heterocycles. The predicted molar refractivity (Wildman–Crippen MR) is 200 cm³/mol. The molecule has 47 heavy (non-hydrogen) atoms. The second kappa shape index (κ2) is 12.0. The largest absolute Gasteiger partial charge is 0.310 e. The summed E-state index contributed by atoms with van der Waals surface area (Å²) in [5.41, 5.74) is 16.8. The van der Waals surface area contributed by atoms with Crippen LogP contribution in [0.25, 0.3) is 33.4 Å². The highest BCUT2D eigenvalue weighted by Crippen LogP contribution is 2.51. The van der Waals surface area contributed by atoms with Gasteiger partial charge in [-0.1, -0.05) is 142 Å². The summed E-state index contributed by atoms with van der Waals surface area (Å²) in [6, 6.07) is 52.1. The van der Waals surface area contributed by atoms with Gasteiger partial charge >= 0.3 is 0 Å². The molecule has 2 aliphatic rings. The van der Waals surface area contributed by atoms with Crippen molar-refractivity contribution in [2.45, 2.75) is 64.2 Å². The molecule has 0 spiro atoms. The summed E-state index contributed by atoms with van der Waals surface area (Å²) in [7, 11) is 0. The fourth-order valence-electron chi connectivity index (χ4n) is 8.15. The molecule has 6 aromatic carbocycles. The number of fused-ring (bicyclic) bond motifs is 3. The maximum atomic E-state index is 2.45. The first-order valence-electron chi connectivity index (χ1n) is 17.4. The van der Waals surface area contributed by atoms with Crippen LogP contribution in [0.1, 0.15) is 74.1 Å². The molecule has 1 nitrogen and oxygen atoms in total. The second-order valence-corrected chi connectivity index (χ2v) is 14.1. The van der Waals surface area contributed by atoms with E-state index in [-0.39, 0.29) is 5.41 Å². The lowest BCUT2D eigenvalue weighted by Gasteiger charge is -2.29. The molecule has 6 aromatic rings. The van der Waals surface area contributed by atoms with Gasteiger partial charge in [0.1, 0.15) is 0 Å². The van der Waals surface area contributed by atoms with Crippen LogP contribution in [-0.2, 0) is 5.41 Å². The molecule has 8 rings (SSSR count). The molecule has 0 amide bonds. The molecule has 0 unspecified atom stereocenters. The zero-order valence-corrected chi connectivity index (χ0v) is 27.8. The van der Waals surface area contributed by atoms with Crippen molar-refractivity contribution in [3.8, 4) is 33.4 Å². The Hall–Kier alpha value is -4.88. The fourth-order valence-corrected chi connectivity index (χ4v) is 8.15. The minimum absolute atomic E-state index is 0.0613. The minimum Gasteiger partial charge on any atom is -0.310 e. The van der Waals surface area contributed by atoms with Gasteiger partial charge in [-0.3, -0.25) is 0 Å². The molecular formula is C46H43N. The molecule has 0 saturated heterocycles. The number of hydrogen-bond acceptors (Lipinski definition) is 1. The van der Waals surface area contributed by atoms with Crippen molar-refractivity contribution in [1.82, 2.24) is 0 Å². The third-order valence-corrected chi connectivity index (χ3v) is 10.7. The normalized spacial score (nSPS) is 15.2. The summed E-state index contributed by atoms with van der Waals surface area (Å²) in [6.45, 7) is 6.96. The Kier molecular flexibility index (Phi) is 7.57. The highest BCUT2D eigenvalue weighted by atomic mass is 15.1. The number of aryl methyl sites for hydroxylation is 1. The van der Waals surface area contributed by atoms with Gasteiger partial charge in [0.25, 0.3) is 0 Å². The standard InChI is InChI=1S/C46H43N/c1-32-18-28-42-43-29-27-39(31-45(43)46(2,3)44(42)30-32)47(37-23-19-34(20-24-37)33-12-6-4-7-13-33)38-25-21-36(22-26-38)41-17-11-10-16-40(41)35-14-8-5-9-15-35/h5,8-11,14-31,33H,4,6-7,12-13H2,1-3H3. The number of rotatable bonds is 6. The third kappa shape index (κ3) is 5.38. The van der Waals surface area contributed by atoms with Crippen LogP contribution in [0, 0.1) is 6.92 Å². The van der Waals surface area contributed by atoms with Crippen LogP contribution in [0.4, 0.5) is 17.1 Å². The van der Waals surface area contributed by atoms with E-state index in [0.717, 1.165) is 0 Å². The van der Waals surface area contributed by atoms with Gasteiger partial charge in [0, 0.05) is 22.5 Å². The van der Waals surface area contributed by atoms with Crippen molar-refractivity contribution in [2.24, 2.45) is 0 Å². The summed E-state index contributed by atoms with van der Waals surface area (Å²) in [4.78, 5) is 2.45. The summed E-state index contributed by atoms with van der Waals surface area (Å²) in [5.74, 6) is 0.693. The molecule has 0 atom stereocenters. The van der Waals surface area contributed by atoms with Crippen molar-refractivity contribution in [3.63, 3.8) is 0 Å². The van der Waals surface area contributed by atoms with E-state index in [1.807, 2.05) is 0 Å². The quantitative estimate of drug-likeness (QED) is 0.182. The lowest BCUT2D eigenvalue weighted by Crippen LogP contribution is -2.16. The van der Waals surface area contributed by atoms with Crippen molar-refractivity contribution in [1.29, 1.82) is 0 Å². The van der Waals surface area contributed by atoms with Gasteiger partial charge in [0.15, 0.2) is 0 Å². The van der Waals surface area contributed by atoms with E-state index in [4.69, 9.17) is 0 Å². The SMILES string of the molecule is Cc1ccc2c(c1)C(C)(C)c1cc(N(c3ccc(-c4ccccc4-c4ccccc4)cc3)c3ccc(C4CCCCC4)cc3)ccc1-2. The third-order valence-electron chi connectivity index (χ3n) is 10.7. The molecular weight excluding hydrogens is 567 g/mol. The molecule has 0 aliphatic heterocycles. The summed E-state index contributed by atoms with van der Waals surface area (Å²) in [6.07, 6.45) is 6.71. The molecule has 1 fully saturated rings. The first-order chi connectivity index (χ1) is 23.0. The van der Waals surface area contributed by atoms with Gasteiger partial charge in [0.2, 0.25) is 0 Å². The van der Waals surface area contributed by atoms with Crippen molar-refractivity contribution in [3.05, 3.63) is 162 Å². The molecule has 232 valence electrons. The highest BCUT2D eigenvalue weighted by Gasteiger charge is 2.36. The van der Waals surface area contributed by atoms with E-state index in [2.05, 4.69) is 165 Å². The number of hydrogen-bond donors (Lipinski definition) is 0. The first kappa shape index (κ1) is 29.5. The van der Waals surface area contributed by atoms with Crippen LogP contribution < -0.4 is 4.90 Å². The highest BCUT2D eigenvalue weighted by molar-refractivity contribution is 5.87. The first-order valence-corrected chi connectivity index (χ1v) is 17.4. The maximum Gasteiger partial charge on any atom is 0.0465 e. The van der Waals surface area contributed by atoms with Crippen LogP contribution >= 0.6 is 0 Å². The second-order valence-electron chi connectivity index (χ2n) is 14.1. The predicted octanol–water partition coefficient (Wildman–Crippen LogP) is 13.2. The molecule has 0 bridgehead atoms. The van der Waals surface area contributed by atoms with Gasteiger partial charge in [-0.2, -0.15) is 0 Å². The van der Waals surface area contributed by atoms with E-state index in [1.54, 1.807) is 0 Å². The van der Waals surface area contributed by atoms with Crippen LogP contribution in [0.15, 0.2) is 140 Å². The van der Waals surface area contributed by atoms with Crippen molar-refractivity contribution >= 4 is 17.1 Å². The van der Waals surface area contributed by atoms with E-state index in [1.165, 1.54) is 105 Å². The van der Waals surface area contributed by atoms with E-state index < -0.39 is 0 Å². The lowest BCUT2D eigenvalue weighted by molar-refractivity contribution is 0.443. The Bertz CT molecular complexity index is 2030. The monoisotopic (exact) mass is 609 g/mol. The van der Waals surface area contributed by atoms with Crippen molar-refractivity contribution < 1.29 is 0 Å². The van der Waals surface area contributed by atoms with E-state index in [0.29, 0.717) is 5.92 Å². The Morgan fingerprint density at radius 3 is 1.68 bits per heavy atom. The van der Waals surface area contributed by atoms with Crippen LogP contribution in [0.3, 0.4) is 0 Å². The zero-order chi connectivity index (χ0) is 32.0. The number of nitrogens with zero attached hydrogens (tertiary/aromatic N) is 1. The molecule has 2 aliphatic carbocycles. The summed E-state index contributed by atoms with van der Waals surface area (Å²) < 4.78 is 0. The number of benzene rings is 6. The van der Waals surface area contributed by atoms with Gasteiger partial charge in [-0.25, -0.2) is 0 Å². The Labute approximate surface area is 280 Å². The smallest absolute Gasteiger partial charge is 0.0465 e. The van der Waals surface area contributed by atoms with Crippen molar-refractivity contribution in [2.75, 3.05) is 4.90 Å². The Balaban J connectivity index is 1.21. The Morgan fingerprint density at radius 1 is 0.489 bits per heavy atom. The minimum atomic E-state index is -0.0613. The average molecular weight is 610 g/mol. The molecule has 0 N–H and O–H groups in total. The van der Waals surface area contributed by atoms with Gasteiger partial charge in [-0.05, 0) is 112 Å². The molecule has 0 heterocycles. The van der Waals surface area contributed by atoms with E-state index >= 15 is 0 Å². The van der Waals surface area contributed by atoms with Crippen LogP contribution in [-0.4, -0.2) is 0 Å². The molecule has 1 saturated carbocycles. The summed E-state index contributed by atoms with van der Waals surface area (Å²) in [5, 5.41) is 0.